The first-order chi connectivity index (χ1) is 10.1. The molecule has 1 heterocycles. The maximum absolute atomic E-state index is 11.9. The Morgan fingerprint density at radius 1 is 1.33 bits per heavy atom. The number of ether oxygens (including phenoxy) is 1. The van der Waals surface area contributed by atoms with Gasteiger partial charge in [-0.1, -0.05) is 29.8 Å². The Morgan fingerprint density at radius 2 is 2.05 bits per heavy atom. The van der Waals surface area contributed by atoms with Gasteiger partial charge < -0.3 is 15.4 Å². The number of esters is 1. The summed E-state index contributed by atoms with van der Waals surface area (Å²) in [6, 6.07) is 7.89. The van der Waals surface area contributed by atoms with Crippen molar-refractivity contribution in [1.82, 2.24) is 10.6 Å². The van der Waals surface area contributed by atoms with Gasteiger partial charge in [0.05, 0.1) is 7.11 Å². The molecule has 1 aromatic rings. The Kier molecular flexibility index (Phi) is 5.33. The SMILES string of the molecule is COC(=O)[C@H]1C[C@H](NC(=O)CCc2ccc(C)cc2)CN1. The predicted molar refractivity (Wildman–Crippen MR) is 79.9 cm³/mol. The molecule has 0 bridgehead atoms. The summed E-state index contributed by atoms with van der Waals surface area (Å²) in [5.41, 5.74) is 2.38. The smallest absolute Gasteiger partial charge is 0.322 e. The zero-order valence-corrected chi connectivity index (χ0v) is 12.5. The molecule has 5 nitrogen and oxygen atoms in total. The number of benzene rings is 1. The number of hydrogen-bond acceptors (Lipinski definition) is 4. The lowest BCUT2D eigenvalue weighted by Crippen LogP contribution is -2.36. The molecule has 0 spiro atoms. The molecule has 1 amide bonds. The first kappa shape index (κ1) is 15.5. The zero-order valence-electron chi connectivity index (χ0n) is 12.5. The van der Waals surface area contributed by atoms with E-state index in [2.05, 4.69) is 27.5 Å². The lowest BCUT2D eigenvalue weighted by molar-refractivity contribution is -0.142. The fourth-order valence-corrected chi connectivity index (χ4v) is 2.48. The van der Waals surface area contributed by atoms with Gasteiger partial charge >= 0.3 is 5.97 Å². The molecule has 0 aliphatic carbocycles. The number of nitrogens with one attached hydrogen (secondary N) is 2. The number of hydrogen-bond donors (Lipinski definition) is 2. The summed E-state index contributed by atoms with van der Waals surface area (Å²) in [6.45, 7) is 2.65. The van der Waals surface area contributed by atoms with E-state index in [4.69, 9.17) is 0 Å². The summed E-state index contributed by atoms with van der Waals surface area (Å²) in [5.74, 6) is -0.251. The van der Waals surface area contributed by atoms with E-state index in [0.717, 1.165) is 12.0 Å². The van der Waals surface area contributed by atoms with Gasteiger partial charge in [0.1, 0.15) is 6.04 Å². The lowest BCUT2D eigenvalue weighted by atomic mass is 10.1. The first-order valence-electron chi connectivity index (χ1n) is 7.24. The van der Waals surface area contributed by atoms with E-state index >= 15 is 0 Å². The fourth-order valence-electron chi connectivity index (χ4n) is 2.48. The van der Waals surface area contributed by atoms with Gasteiger partial charge in [0.2, 0.25) is 5.91 Å². The second kappa shape index (κ2) is 7.22. The quantitative estimate of drug-likeness (QED) is 0.792. The zero-order chi connectivity index (χ0) is 15.2. The molecule has 1 aliphatic heterocycles. The molecule has 21 heavy (non-hydrogen) atoms. The summed E-state index contributed by atoms with van der Waals surface area (Å²) in [5, 5.41) is 6.01. The molecule has 0 unspecified atom stereocenters. The average Bonchev–Trinajstić information content (AvgIpc) is 2.94. The summed E-state index contributed by atoms with van der Waals surface area (Å²) in [4.78, 5) is 23.3. The van der Waals surface area contributed by atoms with Crippen LogP contribution in [0, 0.1) is 6.92 Å². The van der Waals surface area contributed by atoms with Gasteiger partial charge in [0.15, 0.2) is 0 Å². The molecular formula is C16H22N2O3. The van der Waals surface area contributed by atoms with Crippen LogP contribution < -0.4 is 10.6 Å². The highest BCUT2D eigenvalue weighted by molar-refractivity contribution is 5.78. The molecule has 1 saturated heterocycles. The van der Waals surface area contributed by atoms with Crippen molar-refractivity contribution < 1.29 is 14.3 Å². The van der Waals surface area contributed by atoms with E-state index in [-0.39, 0.29) is 24.0 Å². The van der Waals surface area contributed by atoms with Crippen LogP contribution in [0.5, 0.6) is 0 Å². The summed E-state index contributed by atoms with van der Waals surface area (Å²) < 4.78 is 4.69. The van der Waals surface area contributed by atoms with Crippen molar-refractivity contribution in [2.45, 2.75) is 38.3 Å². The monoisotopic (exact) mass is 290 g/mol. The van der Waals surface area contributed by atoms with Gasteiger partial charge in [0, 0.05) is 19.0 Å². The van der Waals surface area contributed by atoms with Crippen LogP contribution in [0.25, 0.3) is 0 Å². The number of aryl methyl sites for hydroxylation is 2. The van der Waals surface area contributed by atoms with E-state index in [9.17, 15) is 9.59 Å². The largest absolute Gasteiger partial charge is 0.468 e. The minimum atomic E-state index is -0.308. The Bertz CT molecular complexity index is 499. The predicted octanol–water partition coefficient (Wildman–Crippen LogP) is 0.947. The van der Waals surface area contributed by atoms with Crippen LogP contribution in [-0.4, -0.2) is 37.6 Å². The van der Waals surface area contributed by atoms with E-state index in [1.807, 2.05) is 19.1 Å². The minimum absolute atomic E-state index is 0.000354. The number of carbonyl (C=O) groups is 2. The third-order valence-corrected chi connectivity index (χ3v) is 3.74. The van der Waals surface area contributed by atoms with Crippen molar-refractivity contribution in [2.75, 3.05) is 13.7 Å². The van der Waals surface area contributed by atoms with Crippen molar-refractivity contribution in [2.24, 2.45) is 0 Å². The maximum Gasteiger partial charge on any atom is 0.322 e. The highest BCUT2D eigenvalue weighted by Crippen LogP contribution is 2.09. The van der Waals surface area contributed by atoms with Gasteiger partial charge in [-0.25, -0.2) is 0 Å². The van der Waals surface area contributed by atoms with Crippen molar-refractivity contribution >= 4 is 11.9 Å². The standard InChI is InChI=1S/C16H22N2O3/c1-11-3-5-12(6-4-11)7-8-15(19)18-13-9-14(17-10-13)16(20)21-2/h3-6,13-14,17H,7-10H2,1-2H3,(H,18,19)/t13-,14+/m0/s1. The molecule has 0 aromatic heterocycles. The van der Waals surface area contributed by atoms with E-state index in [1.165, 1.54) is 12.7 Å². The van der Waals surface area contributed by atoms with Gasteiger partial charge in [-0.2, -0.15) is 0 Å². The first-order valence-corrected chi connectivity index (χ1v) is 7.24. The van der Waals surface area contributed by atoms with Crippen LogP contribution in [0.15, 0.2) is 24.3 Å². The highest BCUT2D eigenvalue weighted by atomic mass is 16.5. The van der Waals surface area contributed by atoms with Crippen LogP contribution >= 0.6 is 0 Å². The van der Waals surface area contributed by atoms with Gasteiger partial charge in [0.25, 0.3) is 0 Å². The normalized spacial score (nSPS) is 21.0. The third kappa shape index (κ3) is 4.56. The fraction of sp³-hybridized carbons (Fsp3) is 0.500. The summed E-state index contributed by atoms with van der Waals surface area (Å²) >= 11 is 0. The Balaban J connectivity index is 1.73. The Labute approximate surface area is 125 Å². The van der Waals surface area contributed by atoms with Crippen LogP contribution in [-0.2, 0) is 20.7 Å². The lowest BCUT2D eigenvalue weighted by Gasteiger charge is -2.11. The molecule has 114 valence electrons. The summed E-state index contributed by atoms with van der Waals surface area (Å²) in [6.07, 6.45) is 1.78. The van der Waals surface area contributed by atoms with Crippen molar-refractivity contribution in [1.29, 1.82) is 0 Å². The highest BCUT2D eigenvalue weighted by Gasteiger charge is 2.30. The van der Waals surface area contributed by atoms with Crippen molar-refractivity contribution in [3.8, 4) is 0 Å². The molecule has 0 radical (unpaired) electrons. The van der Waals surface area contributed by atoms with Gasteiger partial charge in [-0.15, -0.1) is 0 Å². The third-order valence-electron chi connectivity index (χ3n) is 3.74. The topological polar surface area (TPSA) is 67.4 Å². The van der Waals surface area contributed by atoms with E-state index in [1.54, 1.807) is 0 Å². The number of carbonyl (C=O) groups excluding carboxylic acids is 2. The molecule has 2 rings (SSSR count). The number of amides is 1. The minimum Gasteiger partial charge on any atom is -0.468 e. The maximum atomic E-state index is 11.9. The molecule has 1 aliphatic rings. The molecule has 5 heteroatoms. The van der Waals surface area contributed by atoms with E-state index < -0.39 is 0 Å². The average molecular weight is 290 g/mol. The van der Waals surface area contributed by atoms with Gasteiger partial charge in [-0.05, 0) is 25.3 Å². The van der Waals surface area contributed by atoms with Crippen molar-refractivity contribution in [3.05, 3.63) is 35.4 Å². The second-order valence-corrected chi connectivity index (χ2v) is 5.47. The van der Waals surface area contributed by atoms with Crippen LogP contribution in [0.1, 0.15) is 24.0 Å². The Morgan fingerprint density at radius 3 is 2.71 bits per heavy atom. The van der Waals surface area contributed by atoms with Crippen molar-refractivity contribution in [3.63, 3.8) is 0 Å². The molecule has 1 aromatic carbocycles. The second-order valence-electron chi connectivity index (χ2n) is 5.47. The van der Waals surface area contributed by atoms with Crippen LogP contribution in [0.3, 0.4) is 0 Å². The molecule has 2 N–H and O–H groups in total. The molecular weight excluding hydrogens is 268 g/mol. The van der Waals surface area contributed by atoms with Crippen LogP contribution in [0.4, 0.5) is 0 Å². The van der Waals surface area contributed by atoms with E-state index in [0.29, 0.717) is 19.4 Å². The molecule has 0 saturated carbocycles. The molecule has 1 fully saturated rings. The van der Waals surface area contributed by atoms with Gasteiger partial charge in [-0.3, -0.25) is 9.59 Å². The number of rotatable bonds is 5. The molecule has 2 atom stereocenters. The Hall–Kier alpha value is -1.88. The number of methoxy groups -OCH3 is 1. The summed E-state index contributed by atoms with van der Waals surface area (Å²) in [7, 11) is 1.37. The van der Waals surface area contributed by atoms with Crippen LogP contribution in [0.2, 0.25) is 0 Å².